The third-order valence-corrected chi connectivity index (χ3v) is 9.29. The fraction of sp³-hybridized carbons (Fsp3) is 0. The monoisotopic (exact) mass is 613 g/mol. The Morgan fingerprint density at radius 2 is 0.896 bits per heavy atom. The molecule has 0 saturated carbocycles. The molecule has 9 aromatic rings. The minimum Gasteiger partial charge on any atom is -0.456 e. The van der Waals surface area contributed by atoms with Crippen molar-refractivity contribution in [2.45, 2.75) is 0 Å². The molecule has 0 spiro atoms. The molecule has 1 heterocycles. The van der Waals surface area contributed by atoms with Crippen molar-refractivity contribution in [3.8, 4) is 33.4 Å². The van der Waals surface area contributed by atoms with Gasteiger partial charge in [-0.15, -0.1) is 0 Å². The molecule has 226 valence electrons. The lowest BCUT2D eigenvalue weighted by Crippen LogP contribution is -2.11. The van der Waals surface area contributed by atoms with E-state index in [1.165, 1.54) is 33.0 Å². The maximum absolute atomic E-state index is 6.14. The molecule has 0 bridgehead atoms. The zero-order valence-electron chi connectivity index (χ0n) is 26.3. The molecule has 0 amide bonds. The minimum atomic E-state index is 0.901. The highest BCUT2D eigenvalue weighted by atomic mass is 16.3. The molecule has 48 heavy (non-hydrogen) atoms. The van der Waals surface area contributed by atoms with Crippen molar-refractivity contribution in [1.82, 2.24) is 0 Å². The van der Waals surface area contributed by atoms with Gasteiger partial charge in [0.2, 0.25) is 0 Å². The summed E-state index contributed by atoms with van der Waals surface area (Å²) in [6, 6.07) is 66.9. The molecule has 0 atom stereocenters. The van der Waals surface area contributed by atoms with E-state index in [-0.39, 0.29) is 0 Å². The van der Waals surface area contributed by atoms with Crippen LogP contribution in [0.2, 0.25) is 0 Å². The molecule has 0 aliphatic carbocycles. The molecule has 0 N–H and O–H groups in total. The van der Waals surface area contributed by atoms with Crippen LogP contribution in [0, 0.1) is 0 Å². The highest BCUT2D eigenvalue weighted by Crippen LogP contribution is 2.42. The Balaban J connectivity index is 1.09. The first-order valence-electron chi connectivity index (χ1n) is 16.3. The van der Waals surface area contributed by atoms with Crippen LogP contribution in [0.5, 0.6) is 0 Å². The molecule has 2 heteroatoms. The lowest BCUT2D eigenvalue weighted by Gasteiger charge is -2.28. The van der Waals surface area contributed by atoms with Gasteiger partial charge < -0.3 is 9.32 Å². The maximum Gasteiger partial charge on any atom is 0.135 e. The van der Waals surface area contributed by atoms with Crippen LogP contribution >= 0.6 is 0 Å². The van der Waals surface area contributed by atoms with Gasteiger partial charge in [0.05, 0.1) is 5.69 Å². The lowest BCUT2D eigenvalue weighted by atomic mass is 9.96. The molecule has 2 nitrogen and oxygen atoms in total. The van der Waals surface area contributed by atoms with Gasteiger partial charge in [0.15, 0.2) is 0 Å². The third-order valence-electron chi connectivity index (χ3n) is 9.29. The van der Waals surface area contributed by atoms with E-state index in [4.69, 9.17) is 4.42 Å². The maximum atomic E-state index is 6.14. The van der Waals surface area contributed by atoms with Crippen molar-refractivity contribution in [3.05, 3.63) is 188 Å². The largest absolute Gasteiger partial charge is 0.456 e. The summed E-state index contributed by atoms with van der Waals surface area (Å²) < 4.78 is 6.14. The van der Waals surface area contributed by atoms with E-state index in [0.29, 0.717) is 0 Å². The van der Waals surface area contributed by atoms with E-state index < -0.39 is 0 Å². The van der Waals surface area contributed by atoms with Gasteiger partial charge in [0.1, 0.15) is 11.2 Å². The summed E-state index contributed by atoms with van der Waals surface area (Å²) in [5.41, 5.74) is 12.3. The predicted molar refractivity (Wildman–Crippen MR) is 202 cm³/mol. The number of benzene rings is 8. The molecule has 0 fully saturated rings. The second-order valence-corrected chi connectivity index (χ2v) is 12.1. The van der Waals surface area contributed by atoms with Crippen LogP contribution in [0.3, 0.4) is 0 Å². The third kappa shape index (κ3) is 4.92. The summed E-state index contributed by atoms with van der Waals surface area (Å²) in [6.45, 7) is 0. The Kier molecular flexibility index (Phi) is 6.84. The number of anilines is 3. The molecular formula is C46H31NO. The smallest absolute Gasteiger partial charge is 0.135 e. The second-order valence-electron chi connectivity index (χ2n) is 12.1. The molecular weight excluding hydrogens is 583 g/mol. The lowest BCUT2D eigenvalue weighted by molar-refractivity contribution is 0.669. The van der Waals surface area contributed by atoms with Crippen molar-refractivity contribution in [2.75, 3.05) is 4.90 Å². The van der Waals surface area contributed by atoms with Crippen molar-refractivity contribution < 1.29 is 4.42 Å². The molecule has 1 aromatic heterocycles. The highest BCUT2D eigenvalue weighted by molar-refractivity contribution is 6.07. The standard InChI is InChI=1S/C46H31NO/c1-2-13-37(14-3-1)47(44-19-8-6-16-41(44)36-27-30-46-43(31-36)42-17-7-9-20-45(42)48-46)38-28-25-33(26-29-38)32-21-23-35(24-22-32)40-18-10-12-34-11-4-5-15-39(34)40/h1-31H. The summed E-state index contributed by atoms with van der Waals surface area (Å²) in [5, 5.41) is 4.79. The normalized spacial score (nSPS) is 11.3. The second kappa shape index (κ2) is 11.8. The zero-order chi connectivity index (χ0) is 31.9. The van der Waals surface area contributed by atoms with Crippen LogP contribution < -0.4 is 4.90 Å². The van der Waals surface area contributed by atoms with Gasteiger partial charge in [0, 0.05) is 27.7 Å². The summed E-state index contributed by atoms with van der Waals surface area (Å²) >= 11 is 0. The van der Waals surface area contributed by atoms with E-state index in [1.807, 2.05) is 12.1 Å². The van der Waals surface area contributed by atoms with Crippen LogP contribution in [0.15, 0.2) is 192 Å². The molecule has 8 aromatic carbocycles. The Hall–Kier alpha value is -6.38. The first-order chi connectivity index (χ1) is 23.8. The number of fused-ring (bicyclic) bond motifs is 4. The Morgan fingerprint density at radius 3 is 1.73 bits per heavy atom. The Labute approximate surface area is 279 Å². The predicted octanol–water partition coefficient (Wildman–Crippen LogP) is 13.2. The first-order valence-corrected chi connectivity index (χ1v) is 16.3. The molecule has 9 rings (SSSR count). The topological polar surface area (TPSA) is 16.4 Å². The quantitative estimate of drug-likeness (QED) is 0.185. The fourth-order valence-electron chi connectivity index (χ4n) is 6.93. The van der Waals surface area contributed by atoms with Crippen molar-refractivity contribution in [3.63, 3.8) is 0 Å². The molecule has 0 saturated heterocycles. The number of furan rings is 1. The van der Waals surface area contributed by atoms with E-state index in [0.717, 1.165) is 50.1 Å². The first kappa shape index (κ1) is 27.9. The summed E-state index contributed by atoms with van der Waals surface area (Å²) in [6.07, 6.45) is 0. The van der Waals surface area contributed by atoms with Crippen LogP contribution in [0.25, 0.3) is 66.1 Å². The SMILES string of the molecule is c1ccc(N(c2ccc(-c3ccc(-c4cccc5ccccc45)cc3)cc2)c2ccccc2-c2ccc3oc4ccccc4c3c2)cc1. The average Bonchev–Trinajstić information content (AvgIpc) is 3.54. The van der Waals surface area contributed by atoms with Gasteiger partial charge in [-0.2, -0.15) is 0 Å². The molecule has 0 aliphatic rings. The van der Waals surface area contributed by atoms with Crippen molar-refractivity contribution >= 4 is 49.8 Å². The zero-order valence-corrected chi connectivity index (χ0v) is 26.3. The van der Waals surface area contributed by atoms with Gasteiger partial charge in [-0.25, -0.2) is 0 Å². The van der Waals surface area contributed by atoms with Crippen LogP contribution in [-0.2, 0) is 0 Å². The van der Waals surface area contributed by atoms with Crippen molar-refractivity contribution in [2.24, 2.45) is 0 Å². The fourth-order valence-corrected chi connectivity index (χ4v) is 6.93. The van der Waals surface area contributed by atoms with Crippen LogP contribution in [0.1, 0.15) is 0 Å². The number of nitrogens with zero attached hydrogens (tertiary/aromatic N) is 1. The van der Waals surface area contributed by atoms with E-state index >= 15 is 0 Å². The minimum absolute atomic E-state index is 0.901. The Morgan fingerprint density at radius 1 is 0.333 bits per heavy atom. The van der Waals surface area contributed by atoms with Gasteiger partial charge in [-0.3, -0.25) is 0 Å². The molecule has 0 unspecified atom stereocenters. The Bertz CT molecular complexity index is 2540. The summed E-state index contributed by atoms with van der Waals surface area (Å²) in [7, 11) is 0. The number of rotatable bonds is 6. The average molecular weight is 614 g/mol. The van der Waals surface area contributed by atoms with E-state index in [2.05, 4.69) is 181 Å². The van der Waals surface area contributed by atoms with Crippen molar-refractivity contribution in [1.29, 1.82) is 0 Å². The summed E-state index contributed by atoms with van der Waals surface area (Å²) in [5.74, 6) is 0. The highest BCUT2D eigenvalue weighted by Gasteiger charge is 2.18. The number of hydrogen-bond acceptors (Lipinski definition) is 2. The molecule has 0 radical (unpaired) electrons. The van der Waals surface area contributed by atoms with Crippen LogP contribution in [0.4, 0.5) is 17.1 Å². The summed E-state index contributed by atoms with van der Waals surface area (Å²) in [4.78, 5) is 2.35. The van der Waals surface area contributed by atoms with E-state index in [1.54, 1.807) is 0 Å². The van der Waals surface area contributed by atoms with Gasteiger partial charge in [0.25, 0.3) is 0 Å². The molecule has 0 aliphatic heterocycles. The number of hydrogen-bond donors (Lipinski definition) is 0. The number of para-hydroxylation sites is 3. The van der Waals surface area contributed by atoms with Gasteiger partial charge in [-0.05, 0) is 87.1 Å². The van der Waals surface area contributed by atoms with Gasteiger partial charge >= 0.3 is 0 Å². The van der Waals surface area contributed by atoms with Crippen LogP contribution in [-0.4, -0.2) is 0 Å². The van der Waals surface area contributed by atoms with Gasteiger partial charge in [-0.1, -0.05) is 140 Å². The van der Waals surface area contributed by atoms with E-state index in [9.17, 15) is 0 Å².